The highest BCUT2D eigenvalue weighted by atomic mass is 16.2. The number of carbonyl (C=O) groups is 2. The van der Waals surface area contributed by atoms with E-state index in [0.29, 0.717) is 29.6 Å². The first-order valence-electron chi connectivity index (χ1n) is 11.7. The molecule has 2 amide bonds. The van der Waals surface area contributed by atoms with Crippen molar-refractivity contribution in [2.75, 3.05) is 10.6 Å². The Morgan fingerprint density at radius 2 is 1.59 bits per heavy atom. The molecule has 2 heterocycles. The molecule has 10 nitrogen and oxygen atoms in total. The minimum atomic E-state index is -0.633. The molecule has 186 valence electrons. The summed E-state index contributed by atoms with van der Waals surface area (Å²) in [5.74, 6) is -0.990. The van der Waals surface area contributed by atoms with E-state index < -0.39 is 5.91 Å². The maximum absolute atomic E-state index is 13.0. The molecule has 0 fully saturated rings. The molecule has 3 aromatic carbocycles. The van der Waals surface area contributed by atoms with Crippen LogP contribution in [-0.4, -0.2) is 31.8 Å². The number of hydrogen-bond donors (Lipinski definition) is 6. The van der Waals surface area contributed by atoms with Crippen molar-refractivity contribution < 1.29 is 9.59 Å². The van der Waals surface area contributed by atoms with E-state index in [1.165, 1.54) is 0 Å². The van der Waals surface area contributed by atoms with Crippen LogP contribution < -0.4 is 22.1 Å². The predicted molar refractivity (Wildman–Crippen MR) is 142 cm³/mol. The molecule has 10 heteroatoms. The van der Waals surface area contributed by atoms with E-state index in [0.717, 1.165) is 28.0 Å². The number of rotatable bonds is 9. The van der Waals surface area contributed by atoms with Crippen molar-refractivity contribution in [3.63, 3.8) is 0 Å². The van der Waals surface area contributed by atoms with Crippen molar-refractivity contribution in [2.24, 2.45) is 11.5 Å². The molecule has 0 unspecified atom stereocenters. The van der Waals surface area contributed by atoms with Crippen LogP contribution in [0.1, 0.15) is 43.7 Å². The van der Waals surface area contributed by atoms with Gasteiger partial charge in [-0.2, -0.15) is 0 Å². The van der Waals surface area contributed by atoms with Crippen LogP contribution in [0.4, 0.5) is 11.4 Å². The summed E-state index contributed by atoms with van der Waals surface area (Å²) in [6, 6.07) is 15.9. The third-order valence-corrected chi connectivity index (χ3v) is 6.18. The third kappa shape index (κ3) is 5.19. The van der Waals surface area contributed by atoms with Gasteiger partial charge in [-0.15, -0.1) is 0 Å². The summed E-state index contributed by atoms with van der Waals surface area (Å²) in [6.45, 7) is 0.533. The lowest BCUT2D eigenvalue weighted by molar-refractivity contribution is 0.100. The van der Waals surface area contributed by atoms with Crippen molar-refractivity contribution in [1.82, 2.24) is 19.9 Å². The summed E-state index contributed by atoms with van der Waals surface area (Å²) < 4.78 is 0. The van der Waals surface area contributed by atoms with Crippen LogP contribution in [0.25, 0.3) is 10.8 Å². The zero-order valence-electron chi connectivity index (χ0n) is 19.9. The van der Waals surface area contributed by atoms with Gasteiger partial charge < -0.3 is 32.1 Å². The molecule has 0 aliphatic carbocycles. The standard InChI is InChI=1S/C27H26N8O2/c28-22(10-18-11-30-14-33-18)16-4-6-17(7-5-16)27(37)35-24-9-8-20-21(25(24)26(29)36)2-1-3-23(20)32-13-19-12-31-15-34-19/h1-9,11-12,14-15,22,32H,10,13,28H2,(H2,29,36)(H,30,33)(H,31,34)(H,35,37)/t22-/m0/s1. The number of primary amides is 1. The van der Waals surface area contributed by atoms with Gasteiger partial charge >= 0.3 is 0 Å². The summed E-state index contributed by atoms with van der Waals surface area (Å²) >= 11 is 0. The van der Waals surface area contributed by atoms with Gasteiger partial charge in [-0.25, -0.2) is 9.97 Å². The molecule has 0 saturated carbocycles. The fraction of sp³-hybridized carbons (Fsp3) is 0.111. The van der Waals surface area contributed by atoms with Gasteiger partial charge in [0.05, 0.1) is 36.1 Å². The van der Waals surface area contributed by atoms with Crippen molar-refractivity contribution >= 4 is 34.0 Å². The molecule has 0 saturated heterocycles. The smallest absolute Gasteiger partial charge is 0.255 e. The molecule has 37 heavy (non-hydrogen) atoms. The molecule has 0 spiro atoms. The first kappa shape index (κ1) is 23.8. The minimum Gasteiger partial charge on any atom is -0.379 e. The fourth-order valence-corrected chi connectivity index (χ4v) is 4.28. The van der Waals surface area contributed by atoms with E-state index in [1.807, 2.05) is 36.4 Å². The van der Waals surface area contributed by atoms with Crippen LogP contribution in [0.2, 0.25) is 0 Å². The third-order valence-electron chi connectivity index (χ3n) is 6.18. The summed E-state index contributed by atoms with van der Waals surface area (Å²) in [5.41, 5.74) is 16.7. The summed E-state index contributed by atoms with van der Waals surface area (Å²) in [6.07, 6.45) is 7.30. The molecule has 0 radical (unpaired) electrons. The largest absolute Gasteiger partial charge is 0.379 e. The monoisotopic (exact) mass is 494 g/mol. The van der Waals surface area contributed by atoms with Crippen LogP contribution in [0, 0.1) is 0 Å². The molecule has 0 aliphatic heterocycles. The topological polar surface area (TPSA) is 168 Å². The predicted octanol–water partition coefficient (Wildman–Crippen LogP) is 3.49. The second-order valence-corrected chi connectivity index (χ2v) is 8.65. The van der Waals surface area contributed by atoms with Crippen molar-refractivity contribution in [2.45, 2.75) is 19.0 Å². The Labute approximate surface area is 212 Å². The molecular weight excluding hydrogens is 468 g/mol. The van der Waals surface area contributed by atoms with Crippen LogP contribution in [0.5, 0.6) is 0 Å². The number of anilines is 2. The number of H-pyrrole nitrogens is 2. The zero-order chi connectivity index (χ0) is 25.8. The van der Waals surface area contributed by atoms with E-state index in [2.05, 4.69) is 30.6 Å². The number of fused-ring (bicyclic) bond motifs is 1. The molecule has 0 bridgehead atoms. The number of aromatic amines is 2. The lowest BCUT2D eigenvalue weighted by Crippen LogP contribution is -2.19. The van der Waals surface area contributed by atoms with E-state index in [1.54, 1.807) is 43.2 Å². The highest BCUT2D eigenvalue weighted by Crippen LogP contribution is 2.31. The molecule has 8 N–H and O–H groups in total. The maximum atomic E-state index is 13.0. The van der Waals surface area contributed by atoms with Crippen LogP contribution in [0.3, 0.4) is 0 Å². The van der Waals surface area contributed by atoms with Crippen molar-refractivity contribution in [3.05, 3.63) is 108 Å². The van der Waals surface area contributed by atoms with Gasteiger partial charge in [0.1, 0.15) is 0 Å². The first-order valence-corrected chi connectivity index (χ1v) is 11.7. The number of benzene rings is 3. The maximum Gasteiger partial charge on any atom is 0.255 e. The molecule has 2 aromatic heterocycles. The number of nitrogens with two attached hydrogens (primary N) is 2. The summed E-state index contributed by atoms with van der Waals surface area (Å²) in [4.78, 5) is 39.6. The van der Waals surface area contributed by atoms with Crippen LogP contribution in [0.15, 0.2) is 79.6 Å². The highest BCUT2D eigenvalue weighted by molar-refractivity contribution is 6.16. The summed E-state index contributed by atoms with van der Waals surface area (Å²) in [5, 5.41) is 7.63. The molecule has 1 atom stereocenters. The Morgan fingerprint density at radius 3 is 2.27 bits per heavy atom. The number of aromatic nitrogens is 4. The van der Waals surface area contributed by atoms with Gasteiger partial charge in [0.15, 0.2) is 0 Å². The van der Waals surface area contributed by atoms with E-state index >= 15 is 0 Å². The molecule has 0 aliphatic rings. The molecule has 5 aromatic rings. The second-order valence-electron chi connectivity index (χ2n) is 8.65. The molecular formula is C27H26N8O2. The Morgan fingerprint density at radius 1 is 0.865 bits per heavy atom. The number of hydrogen-bond acceptors (Lipinski definition) is 6. The minimum absolute atomic E-state index is 0.240. The van der Waals surface area contributed by atoms with E-state index in [4.69, 9.17) is 11.5 Å². The van der Waals surface area contributed by atoms with Gasteiger partial charge in [0.2, 0.25) is 0 Å². The van der Waals surface area contributed by atoms with Crippen LogP contribution >= 0.6 is 0 Å². The Hall–Kier alpha value is -4.96. The lowest BCUT2D eigenvalue weighted by Gasteiger charge is -2.15. The number of nitrogens with zero attached hydrogens (tertiary/aromatic N) is 2. The van der Waals surface area contributed by atoms with Gasteiger partial charge in [-0.1, -0.05) is 30.3 Å². The van der Waals surface area contributed by atoms with E-state index in [9.17, 15) is 9.59 Å². The Bertz CT molecular complexity index is 1530. The van der Waals surface area contributed by atoms with Crippen LogP contribution in [-0.2, 0) is 13.0 Å². The van der Waals surface area contributed by atoms with Gasteiger partial charge in [-0.05, 0) is 35.2 Å². The quantitative estimate of drug-likeness (QED) is 0.183. The average Bonchev–Trinajstić information content (AvgIpc) is 3.61. The SMILES string of the molecule is NC(=O)c1c(NC(=O)c2ccc([C@@H](N)Cc3cnc[nH]3)cc2)ccc2c(NCc3cnc[nH]3)cccc12. The average molecular weight is 495 g/mol. The molecule has 5 rings (SSSR count). The normalized spacial score (nSPS) is 11.8. The summed E-state index contributed by atoms with van der Waals surface area (Å²) in [7, 11) is 0. The highest BCUT2D eigenvalue weighted by Gasteiger charge is 2.18. The van der Waals surface area contributed by atoms with Crippen molar-refractivity contribution in [1.29, 1.82) is 0 Å². The fourth-order valence-electron chi connectivity index (χ4n) is 4.28. The number of nitrogens with one attached hydrogen (secondary N) is 4. The Balaban J connectivity index is 1.36. The number of carbonyl (C=O) groups excluding carboxylic acids is 2. The number of amides is 2. The number of imidazole rings is 2. The van der Waals surface area contributed by atoms with Gasteiger partial charge in [0, 0.05) is 47.2 Å². The lowest BCUT2D eigenvalue weighted by atomic mass is 9.99. The van der Waals surface area contributed by atoms with Gasteiger partial charge in [0.25, 0.3) is 11.8 Å². The van der Waals surface area contributed by atoms with E-state index in [-0.39, 0.29) is 17.5 Å². The first-order chi connectivity index (χ1) is 18.0. The van der Waals surface area contributed by atoms with Crippen molar-refractivity contribution in [3.8, 4) is 0 Å². The van der Waals surface area contributed by atoms with Gasteiger partial charge in [-0.3, -0.25) is 9.59 Å². The second kappa shape index (κ2) is 10.3. The zero-order valence-corrected chi connectivity index (χ0v) is 19.9. The Kier molecular flexibility index (Phi) is 6.64.